The molecule has 0 radical (unpaired) electrons. The van der Waals surface area contributed by atoms with Crippen molar-refractivity contribution in [3.05, 3.63) is 60.2 Å². The fourth-order valence-electron chi connectivity index (χ4n) is 4.21. The van der Waals surface area contributed by atoms with E-state index in [1.54, 1.807) is 28.9 Å². The van der Waals surface area contributed by atoms with Crippen LogP contribution in [0.2, 0.25) is 0 Å². The van der Waals surface area contributed by atoms with E-state index in [0.717, 1.165) is 0 Å². The largest absolute Gasteiger partial charge is 0.383 e. The van der Waals surface area contributed by atoms with Crippen molar-refractivity contribution in [2.24, 2.45) is 7.05 Å². The van der Waals surface area contributed by atoms with Crippen molar-refractivity contribution in [3.8, 4) is 11.8 Å². The molecule has 33 heavy (non-hydrogen) atoms. The normalized spacial score (nSPS) is 15.7. The third kappa shape index (κ3) is 3.29. The number of pyridine rings is 1. The van der Waals surface area contributed by atoms with Crippen LogP contribution < -0.4 is 5.73 Å². The molecule has 0 unspecified atom stereocenters. The zero-order valence-electron chi connectivity index (χ0n) is 17.7. The Morgan fingerprint density at radius 3 is 2.91 bits per heavy atom. The van der Waals surface area contributed by atoms with Gasteiger partial charge in [0.25, 0.3) is 0 Å². The Morgan fingerprint density at radius 1 is 1.30 bits per heavy atom. The van der Waals surface area contributed by atoms with Gasteiger partial charge in [0.05, 0.1) is 34.4 Å². The number of aryl methyl sites for hydroxylation is 1. The van der Waals surface area contributed by atoms with Gasteiger partial charge >= 0.3 is 0 Å². The van der Waals surface area contributed by atoms with Crippen LogP contribution in [-0.4, -0.2) is 48.2 Å². The molecule has 1 amide bonds. The first-order valence-electron chi connectivity index (χ1n) is 10.2. The van der Waals surface area contributed by atoms with Crippen LogP contribution in [0.5, 0.6) is 0 Å². The highest BCUT2D eigenvalue weighted by atomic mass is 19.2. The van der Waals surface area contributed by atoms with Gasteiger partial charge in [-0.3, -0.25) is 9.48 Å². The van der Waals surface area contributed by atoms with E-state index in [4.69, 9.17) is 5.73 Å². The van der Waals surface area contributed by atoms with Gasteiger partial charge in [0.2, 0.25) is 5.91 Å². The minimum Gasteiger partial charge on any atom is -0.383 e. The van der Waals surface area contributed by atoms with Crippen molar-refractivity contribution in [2.75, 3.05) is 18.8 Å². The lowest BCUT2D eigenvalue weighted by Crippen LogP contribution is -2.27. The molecule has 0 aliphatic carbocycles. The summed E-state index contributed by atoms with van der Waals surface area (Å²) in [6.07, 6.45) is 4.96. The van der Waals surface area contributed by atoms with E-state index >= 15 is 0 Å². The maximum absolute atomic E-state index is 14.7. The molecule has 1 fully saturated rings. The lowest BCUT2D eigenvalue weighted by Gasteiger charge is -2.15. The van der Waals surface area contributed by atoms with Gasteiger partial charge in [-0.1, -0.05) is 12.5 Å². The molecule has 166 valence electrons. The maximum Gasteiger partial charge on any atom is 0.246 e. The van der Waals surface area contributed by atoms with Crippen LogP contribution in [0.4, 0.5) is 14.6 Å². The van der Waals surface area contributed by atoms with Crippen LogP contribution in [0, 0.1) is 23.5 Å². The maximum atomic E-state index is 14.7. The van der Waals surface area contributed by atoms with Crippen molar-refractivity contribution in [1.82, 2.24) is 29.2 Å². The smallest absolute Gasteiger partial charge is 0.246 e. The molecule has 0 spiro atoms. The van der Waals surface area contributed by atoms with E-state index in [9.17, 15) is 13.6 Å². The van der Waals surface area contributed by atoms with Gasteiger partial charge in [0, 0.05) is 26.3 Å². The Balaban J connectivity index is 1.59. The lowest BCUT2D eigenvalue weighted by atomic mass is 10.1. The van der Waals surface area contributed by atoms with Gasteiger partial charge in [0.1, 0.15) is 17.0 Å². The Labute approximate surface area is 187 Å². The van der Waals surface area contributed by atoms with E-state index in [1.165, 1.54) is 23.0 Å². The number of imidazole rings is 1. The highest BCUT2D eigenvalue weighted by Crippen LogP contribution is 2.30. The van der Waals surface area contributed by atoms with Crippen LogP contribution >= 0.6 is 0 Å². The number of nitrogens with two attached hydrogens (primary N) is 1. The highest BCUT2D eigenvalue weighted by Gasteiger charge is 2.29. The number of rotatable bonds is 2. The van der Waals surface area contributed by atoms with Gasteiger partial charge in [-0.15, -0.1) is 0 Å². The highest BCUT2D eigenvalue weighted by molar-refractivity contribution is 5.93. The van der Waals surface area contributed by atoms with Gasteiger partial charge in [-0.2, -0.15) is 5.10 Å². The first-order chi connectivity index (χ1) is 15.9. The number of nitrogens with zero attached hydrogens (tertiary/aromatic N) is 6. The number of hydrogen-bond donors (Lipinski definition) is 1. The van der Waals surface area contributed by atoms with Crippen LogP contribution in [0.25, 0.3) is 21.9 Å². The first kappa shape index (κ1) is 20.6. The molecule has 1 saturated heterocycles. The second-order valence-corrected chi connectivity index (χ2v) is 7.84. The molecule has 5 rings (SSSR count). The number of fused-ring (bicyclic) bond motifs is 2. The predicted molar refractivity (Wildman–Crippen MR) is 119 cm³/mol. The zero-order valence-corrected chi connectivity index (χ0v) is 17.7. The van der Waals surface area contributed by atoms with E-state index in [2.05, 4.69) is 33.5 Å². The van der Waals surface area contributed by atoms with Crippen molar-refractivity contribution in [3.63, 3.8) is 0 Å². The Bertz CT molecular complexity index is 1510. The minimum absolute atomic E-state index is 0.0704. The fourth-order valence-corrected chi connectivity index (χ4v) is 4.21. The summed E-state index contributed by atoms with van der Waals surface area (Å²) in [4.78, 5) is 21.9. The summed E-state index contributed by atoms with van der Waals surface area (Å²) in [7, 11) is 1.59. The van der Waals surface area contributed by atoms with Crippen LogP contribution in [-0.2, 0) is 11.8 Å². The van der Waals surface area contributed by atoms with Crippen molar-refractivity contribution in [2.45, 2.75) is 12.5 Å². The molecule has 1 aliphatic heterocycles. The van der Waals surface area contributed by atoms with Gasteiger partial charge in [-0.05, 0) is 30.6 Å². The molecule has 2 N–H and O–H groups in total. The summed E-state index contributed by atoms with van der Waals surface area (Å²) in [6.45, 7) is 4.58. The quantitative estimate of drug-likeness (QED) is 0.376. The number of carbonyl (C=O) groups excluding carboxylic acids is 1. The summed E-state index contributed by atoms with van der Waals surface area (Å²) in [6, 6.07) is 3.08. The number of amides is 1. The van der Waals surface area contributed by atoms with Crippen LogP contribution in [0.15, 0.2) is 37.3 Å². The lowest BCUT2D eigenvalue weighted by molar-refractivity contribution is -0.125. The average Bonchev–Trinajstić information content (AvgIpc) is 3.52. The third-order valence-corrected chi connectivity index (χ3v) is 5.84. The molecular weight excluding hydrogens is 428 g/mol. The van der Waals surface area contributed by atoms with Crippen molar-refractivity contribution < 1.29 is 13.6 Å². The molecule has 8 nitrogen and oxygen atoms in total. The predicted octanol–water partition coefficient (Wildman–Crippen LogP) is 2.54. The monoisotopic (exact) mass is 447 g/mol. The second-order valence-electron chi connectivity index (χ2n) is 7.84. The first-order valence-corrected chi connectivity index (χ1v) is 10.2. The fraction of sp³-hybridized carbons (Fsp3) is 0.217. The van der Waals surface area contributed by atoms with Crippen LogP contribution in [0.3, 0.4) is 0 Å². The van der Waals surface area contributed by atoms with Crippen molar-refractivity contribution in [1.29, 1.82) is 0 Å². The summed E-state index contributed by atoms with van der Waals surface area (Å²) in [5, 5.41) is 5.13. The second kappa shape index (κ2) is 7.70. The number of anilines is 1. The molecule has 1 atom stereocenters. The molecule has 1 aromatic carbocycles. The number of benzene rings is 1. The van der Waals surface area contributed by atoms with Gasteiger partial charge in [-0.25, -0.2) is 18.7 Å². The van der Waals surface area contributed by atoms with Crippen LogP contribution in [0.1, 0.15) is 23.7 Å². The van der Waals surface area contributed by atoms with E-state index in [1.807, 2.05) is 0 Å². The molecule has 0 bridgehead atoms. The number of hydrogen-bond acceptors (Lipinski definition) is 5. The van der Waals surface area contributed by atoms with E-state index in [0.29, 0.717) is 41.6 Å². The van der Waals surface area contributed by atoms with Gasteiger partial charge in [0.15, 0.2) is 11.6 Å². The Kier molecular flexibility index (Phi) is 4.82. The molecule has 4 heterocycles. The molecule has 1 aliphatic rings. The zero-order chi connectivity index (χ0) is 23.3. The molecule has 4 aromatic rings. The summed E-state index contributed by atoms with van der Waals surface area (Å²) >= 11 is 0. The Hall–Kier alpha value is -4.26. The molecule has 3 aromatic heterocycles. The topological polar surface area (TPSA) is 94.9 Å². The van der Waals surface area contributed by atoms with E-state index in [-0.39, 0.29) is 28.8 Å². The van der Waals surface area contributed by atoms with Gasteiger partial charge < -0.3 is 15.2 Å². The average molecular weight is 447 g/mol. The summed E-state index contributed by atoms with van der Waals surface area (Å²) in [5.41, 5.74) is 7.35. The minimum atomic E-state index is -1.05. The van der Waals surface area contributed by atoms with Crippen molar-refractivity contribution >= 4 is 33.7 Å². The molecule has 0 saturated carbocycles. The van der Waals surface area contributed by atoms with E-state index < -0.39 is 11.6 Å². The number of carbonyl (C=O) groups is 1. The summed E-state index contributed by atoms with van der Waals surface area (Å²) < 4.78 is 32.4. The standard InChI is InChI=1S/C23H19F2N7O/c1-3-18(33)31-9-7-14(11-31)32-17-6-8-27-23(26)19(17)15(29-32)5-4-13-10-16-22(21(25)20(13)24)30(2)12-28-16/h3,6,8,10,12,14H,1,7,9,11H2,2H3,(H2,26,27)/t14-/m0/s1. The molecule has 10 heteroatoms. The molecular formula is C23H19F2N7O. The number of aromatic nitrogens is 5. The Morgan fingerprint density at radius 2 is 2.12 bits per heavy atom. The number of nitrogen functional groups attached to an aromatic ring is 1. The SMILES string of the molecule is C=CC(=O)N1CC[C@H](n2nc(C#Cc3cc4ncn(C)c4c(F)c3F)c3c(N)nccc32)C1. The third-order valence-electron chi connectivity index (χ3n) is 5.84. The number of likely N-dealkylation sites (tertiary alicyclic amines) is 1. The number of halogens is 2. The summed E-state index contributed by atoms with van der Waals surface area (Å²) in [5.74, 6) is 3.54.